The molecule has 190 valence electrons. The van der Waals surface area contributed by atoms with Crippen molar-refractivity contribution in [2.24, 2.45) is 16.5 Å². The van der Waals surface area contributed by atoms with Crippen LogP contribution in [0, 0.1) is 36.5 Å². The molecule has 0 atom stereocenters. The topological polar surface area (TPSA) is 155 Å². The molecule has 0 bridgehead atoms. The Kier molecular flexibility index (Phi) is 9.18. The molecular formula is C22H17F6N5O3. The van der Waals surface area contributed by atoms with Crippen LogP contribution in [0.4, 0.5) is 26.3 Å². The molecule has 0 fully saturated rings. The number of amides is 1. The van der Waals surface area contributed by atoms with Crippen LogP contribution >= 0.6 is 0 Å². The Morgan fingerprint density at radius 2 is 1.22 bits per heavy atom. The van der Waals surface area contributed by atoms with E-state index >= 15 is 0 Å². The highest BCUT2D eigenvalue weighted by molar-refractivity contribution is 6.03. The summed E-state index contributed by atoms with van der Waals surface area (Å²) in [6.07, 6.45) is -9.42. The van der Waals surface area contributed by atoms with Crippen LogP contribution < -0.4 is 11.5 Å². The second kappa shape index (κ2) is 11.2. The van der Waals surface area contributed by atoms with Crippen LogP contribution in [0.3, 0.4) is 0 Å². The van der Waals surface area contributed by atoms with Crippen molar-refractivity contribution in [3.8, 4) is 12.1 Å². The summed E-state index contributed by atoms with van der Waals surface area (Å²) in [6.45, 7) is 2.82. The van der Waals surface area contributed by atoms with Gasteiger partial charge in [0.2, 0.25) is 0 Å². The molecule has 14 heteroatoms. The number of rotatable bonds is 2. The summed E-state index contributed by atoms with van der Waals surface area (Å²) in [5.74, 6) is -2.41. The van der Waals surface area contributed by atoms with E-state index < -0.39 is 52.4 Å². The van der Waals surface area contributed by atoms with Crippen molar-refractivity contribution >= 4 is 17.8 Å². The second-order valence-corrected chi connectivity index (χ2v) is 6.98. The number of methoxy groups -OCH3 is 1. The molecule has 0 aromatic heterocycles. The minimum absolute atomic E-state index is 0.180. The average molecular weight is 513 g/mol. The number of carbonyl (C=O) groups excluding carboxylic acids is 2. The van der Waals surface area contributed by atoms with E-state index in [-0.39, 0.29) is 22.3 Å². The fourth-order valence-electron chi connectivity index (χ4n) is 2.81. The van der Waals surface area contributed by atoms with E-state index in [0.29, 0.717) is 12.1 Å². The van der Waals surface area contributed by atoms with Gasteiger partial charge in [-0.25, -0.2) is 4.79 Å². The van der Waals surface area contributed by atoms with E-state index in [1.54, 1.807) is 0 Å². The first-order chi connectivity index (χ1) is 16.5. The maximum absolute atomic E-state index is 12.7. The lowest BCUT2D eigenvalue weighted by Gasteiger charge is -2.12. The normalized spacial score (nSPS) is 10.8. The summed E-state index contributed by atoms with van der Waals surface area (Å²) in [5.41, 5.74) is 6.52. The molecule has 36 heavy (non-hydrogen) atoms. The molecule has 2 aromatic rings. The number of aliphatic imine (C=N–C) groups is 1. The van der Waals surface area contributed by atoms with Gasteiger partial charge in [0, 0.05) is 5.56 Å². The maximum atomic E-state index is 12.7. The van der Waals surface area contributed by atoms with Crippen LogP contribution in [0.25, 0.3) is 0 Å². The predicted molar refractivity (Wildman–Crippen MR) is 113 cm³/mol. The minimum Gasteiger partial charge on any atom is -0.465 e. The number of benzene rings is 2. The number of halogens is 6. The Labute approximate surface area is 200 Å². The van der Waals surface area contributed by atoms with Crippen molar-refractivity contribution in [3.05, 3.63) is 68.8 Å². The smallest absolute Gasteiger partial charge is 0.417 e. The summed E-state index contributed by atoms with van der Waals surface area (Å²) < 4.78 is 80.4. The summed E-state index contributed by atoms with van der Waals surface area (Å²) in [4.78, 5) is 26.0. The van der Waals surface area contributed by atoms with E-state index in [9.17, 15) is 35.9 Å². The Balaban J connectivity index is 0.000000362. The van der Waals surface area contributed by atoms with Gasteiger partial charge in [0.15, 0.2) is 5.96 Å². The number of alkyl halides is 6. The van der Waals surface area contributed by atoms with Crippen LogP contribution in [0.15, 0.2) is 29.3 Å². The van der Waals surface area contributed by atoms with Crippen molar-refractivity contribution in [1.82, 2.24) is 0 Å². The zero-order valence-corrected chi connectivity index (χ0v) is 18.8. The van der Waals surface area contributed by atoms with Crippen molar-refractivity contribution in [2.45, 2.75) is 26.2 Å². The van der Waals surface area contributed by atoms with Crippen LogP contribution in [0.2, 0.25) is 0 Å². The van der Waals surface area contributed by atoms with Crippen molar-refractivity contribution in [1.29, 1.82) is 10.5 Å². The molecule has 0 aliphatic carbocycles. The molecule has 0 radical (unpaired) electrons. The summed E-state index contributed by atoms with van der Waals surface area (Å²) in [6, 6.07) is 6.09. The molecule has 0 unspecified atom stereocenters. The highest BCUT2D eigenvalue weighted by atomic mass is 19.4. The third-order valence-electron chi connectivity index (χ3n) is 4.45. The van der Waals surface area contributed by atoms with E-state index in [0.717, 1.165) is 19.2 Å². The van der Waals surface area contributed by atoms with Crippen LogP contribution in [0.5, 0.6) is 0 Å². The first-order valence-electron chi connectivity index (χ1n) is 9.44. The maximum Gasteiger partial charge on any atom is 0.417 e. The lowest BCUT2D eigenvalue weighted by Crippen LogP contribution is -2.24. The fourth-order valence-corrected chi connectivity index (χ4v) is 2.81. The molecule has 0 saturated carbocycles. The molecular weight excluding hydrogens is 496 g/mol. The number of carbonyl (C=O) groups is 2. The lowest BCUT2D eigenvalue weighted by molar-refractivity contribution is -0.138. The first-order valence-corrected chi connectivity index (χ1v) is 9.44. The van der Waals surface area contributed by atoms with Crippen LogP contribution in [0.1, 0.15) is 54.1 Å². The number of nitriles is 2. The van der Waals surface area contributed by atoms with Gasteiger partial charge in [-0.3, -0.25) is 4.79 Å². The molecule has 2 aromatic carbocycles. The molecule has 1 amide bonds. The van der Waals surface area contributed by atoms with Gasteiger partial charge in [-0.15, -0.1) is 0 Å². The molecule has 0 spiro atoms. The lowest BCUT2D eigenvalue weighted by atomic mass is 9.99. The number of nitrogens with zero attached hydrogens (tertiary/aromatic N) is 3. The molecule has 0 saturated heterocycles. The summed E-state index contributed by atoms with van der Waals surface area (Å²) in [7, 11) is 1.08. The van der Waals surface area contributed by atoms with Crippen molar-refractivity contribution in [2.75, 3.05) is 7.11 Å². The Hall–Kier alpha value is -4.59. The standard InChI is InChI=1S/C11H9F3N4O.C11H8F3NO2/c1-5-2-6(4-15)8(11(12,13)14)3-7(5)9(19)18-10(16)17;1-6-3-7(5-15)9(11(12,13)14)4-8(6)10(16)17-2/h2-3H,1H3,(H4,16,17,18,19);3-4H,1-2H3. The highest BCUT2D eigenvalue weighted by Crippen LogP contribution is 2.34. The Morgan fingerprint density at radius 1 is 0.833 bits per heavy atom. The number of aryl methyl sites for hydroxylation is 2. The average Bonchev–Trinajstić information content (AvgIpc) is 2.76. The largest absolute Gasteiger partial charge is 0.465 e. The third kappa shape index (κ3) is 7.20. The second-order valence-electron chi connectivity index (χ2n) is 6.98. The molecule has 0 aliphatic heterocycles. The highest BCUT2D eigenvalue weighted by Gasteiger charge is 2.36. The van der Waals surface area contributed by atoms with Crippen molar-refractivity contribution in [3.63, 3.8) is 0 Å². The summed E-state index contributed by atoms with van der Waals surface area (Å²) >= 11 is 0. The Morgan fingerprint density at radius 3 is 1.56 bits per heavy atom. The van der Waals surface area contributed by atoms with Gasteiger partial charge >= 0.3 is 18.3 Å². The zero-order valence-electron chi connectivity index (χ0n) is 18.8. The molecule has 0 heterocycles. The number of hydrogen-bond acceptors (Lipinski definition) is 5. The van der Waals surface area contributed by atoms with E-state index in [1.165, 1.54) is 26.0 Å². The van der Waals surface area contributed by atoms with E-state index in [1.807, 2.05) is 0 Å². The SMILES string of the molecule is COC(=O)c1cc(C(F)(F)F)c(C#N)cc1C.Cc1cc(C#N)c(C(F)(F)F)cc1C(=O)N=C(N)N. The molecule has 8 nitrogen and oxygen atoms in total. The summed E-state index contributed by atoms with van der Waals surface area (Å²) in [5, 5.41) is 17.3. The Bertz CT molecular complexity index is 1300. The minimum atomic E-state index is -4.74. The van der Waals surface area contributed by atoms with E-state index in [4.69, 9.17) is 22.0 Å². The fraction of sp³-hybridized carbons (Fsp3) is 0.227. The molecule has 4 N–H and O–H groups in total. The monoisotopic (exact) mass is 513 g/mol. The van der Waals surface area contributed by atoms with Gasteiger partial charge in [0.05, 0.1) is 47.1 Å². The van der Waals surface area contributed by atoms with Crippen molar-refractivity contribution < 1.29 is 40.7 Å². The van der Waals surface area contributed by atoms with Crippen LogP contribution in [-0.2, 0) is 17.1 Å². The molecule has 0 aliphatic rings. The number of ether oxygens (including phenoxy) is 1. The van der Waals surface area contributed by atoms with Gasteiger partial charge in [-0.2, -0.15) is 41.9 Å². The first kappa shape index (κ1) is 29.4. The van der Waals surface area contributed by atoms with Gasteiger partial charge < -0.3 is 16.2 Å². The quantitative estimate of drug-likeness (QED) is 0.266. The number of guanidine groups is 1. The number of nitrogens with two attached hydrogens (primary N) is 2. The van der Waals surface area contributed by atoms with Gasteiger partial charge in [0.25, 0.3) is 5.91 Å². The van der Waals surface area contributed by atoms with E-state index in [2.05, 4.69) is 9.73 Å². The zero-order chi connectivity index (χ0) is 28.0. The van der Waals surface area contributed by atoms with Gasteiger partial charge in [-0.1, -0.05) is 0 Å². The predicted octanol–water partition coefficient (Wildman–Crippen LogP) is 3.97. The third-order valence-corrected chi connectivity index (χ3v) is 4.45. The van der Waals surface area contributed by atoms with Gasteiger partial charge in [-0.05, 0) is 49.2 Å². The molecule has 2 rings (SSSR count). The number of hydrogen-bond donors (Lipinski definition) is 2. The van der Waals surface area contributed by atoms with Crippen LogP contribution in [-0.4, -0.2) is 24.9 Å². The number of esters is 1. The van der Waals surface area contributed by atoms with Gasteiger partial charge in [0.1, 0.15) is 0 Å².